The van der Waals surface area contributed by atoms with Crippen LogP contribution in [0.3, 0.4) is 0 Å². The maximum atomic E-state index is 10.8. The van der Waals surface area contributed by atoms with Gasteiger partial charge < -0.3 is 5.32 Å². The molecule has 0 saturated heterocycles. The maximum Gasteiger partial charge on any atom is 0.241 e. The van der Waals surface area contributed by atoms with Crippen LogP contribution < -0.4 is 21.7 Å². The molecule has 0 amide bonds. The zero-order valence-electron chi connectivity index (χ0n) is 9.21. The van der Waals surface area contributed by atoms with Gasteiger partial charge in [0.1, 0.15) is 5.82 Å². The van der Waals surface area contributed by atoms with Crippen LogP contribution in [0.1, 0.15) is 0 Å². The lowest BCUT2D eigenvalue weighted by Crippen LogP contribution is -2.23. The largest absolute Gasteiger partial charge is 0.368 e. The van der Waals surface area contributed by atoms with Crippen LogP contribution in [0.25, 0.3) is 11.0 Å². The third-order valence-electron chi connectivity index (χ3n) is 2.12. The number of primary sulfonamides is 1. The molecule has 0 saturated carbocycles. The van der Waals surface area contributed by atoms with Crippen molar-refractivity contribution in [3.05, 3.63) is 6.20 Å². The summed E-state index contributed by atoms with van der Waals surface area (Å²) in [4.78, 5) is 8.08. The SMILES string of the molecule is NNc1nc(NCCS(N)(=O)=O)c2cn[nH]c2n1. The number of H-pyrrole nitrogens is 1. The summed E-state index contributed by atoms with van der Waals surface area (Å²) >= 11 is 0. The van der Waals surface area contributed by atoms with E-state index >= 15 is 0 Å². The molecular weight excluding hydrogens is 260 g/mol. The Bertz CT molecular complexity index is 651. The van der Waals surface area contributed by atoms with E-state index < -0.39 is 10.0 Å². The van der Waals surface area contributed by atoms with Crippen molar-refractivity contribution in [2.24, 2.45) is 11.0 Å². The van der Waals surface area contributed by atoms with E-state index in [0.717, 1.165) is 0 Å². The van der Waals surface area contributed by atoms with Crippen LogP contribution in [-0.4, -0.2) is 40.9 Å². The van der Waals surface area contributed by atoms with Crippen LogP contribution in [0.4, 0.5) is 11.8 Å². The molecule has 98 valence electrons. The van der Waals surface area contributed by atoms with Crippen LogP contribution in [0.2, 0.25) is 0 Å². The Morgan fingerprint density at radius 1 is 1.39 bits per heavy atom. The zero-order chi connectivity index (χ0) is 13.2. The number of rotatable bonds is 5. The minimum Gasteiger partial charge on any atom is -0.368 e. The predicted octanol–water partition coefficient (Wildman–Crippen LogP) is -1.66. The number of fused-ring (bicyclic) bond motifs is 1. The normalized spacial score (nSPS) is 11.7. The fourth-order valence-electron chi connectivity index (χ4n) is 1.35. The van der Waals surface area contributed by atoms with Gasteiger partial charge in [-0.15, -0.1) is 0 Å². The Morgan fingerprint density at radius 2 is 2.17 bits per heavy atom. The van der Waals surface area contributed by atoms with Crippen molar-refractivity contribution in [2.45, 2.75) is 0 Å². The third kappa shape index (κ3) is 2.82. The number of hydrogen-bond acceptors (Lipinski definition) is 8. The topological polar surface area (TPSA) is 165 Å². The second kappa shape index (κ2) is 4.72. The number of aromatic amines is 1. The van der Waals surface area contributed by atoms with Gasteiger partial charge >= 0.3 is 0 Å². The van der Waals surface area contributed by atoms with Crippen molar-refractivity contribution in [1.82, 2.24) is 20.2 Å². The van der Waals surface area contributed by atoms with Gasteiger partial charge in [-0.3, -0.25) is 10.5 Å². The highest BCUT2D eigenvalue weighted by atomic mass is 32.2. The van der Waals surface area contributed by atoms with Crippen LogP contribution in [0.5, 0.6) is 0 Å². The molecule has 0 spiro atoms. The van der Waals surface area contributed by atoms with Crippen molar-refractivity contribution in [3.63, 3.8) is 0 Å². The Morgan fingerprint density at radius 3 is 2.83 bits per heavy atom. The molecule has 0 atom stereocenters. The number of anilines is 2. The number of nitrogens with one attached hydrogen (secondary N) is 3. The van der Waals surface area contributed by atoms with Crippen LogP contribution in [-0.2, 0) is 10.0 Å². The van der Waals surface area contributed by atoms with Crippen molar-refractivity contribution in [3.8, 4) is 0 Å². The minimum absolute atomic E-state index is 0.125. The van der Waals surface area contributed by atoms with E-state index in [1.807, 2.05) is 0 Å². The lowest BCUT2D eigenvalue weighted by Gasteiger charge is -2.07. The molecule has 0 fully saturated rings. The van der Waals surface area contributed by atoms with E-state index in [1.165, 1.54) is 6.20 Å². The standard InChI is InChI=1S/C7H12N8O2S/c8-14-7-12-5(10-1-2-18(9,16)17)4-3-11-15-6(4)13-7/h3H,1-2,8H2,(H2,9,16,17)(H3,10,11,12,13,14,15). The van der Waals surface area contributed by atoms with Crippen molar-refractivity contribution in [2.75, 3.05) is 23.0 Å². The fourth-order valence-corrected chi connectivity index (χ4v) is 1.73. The maximum absolute atomic E-state index is 10.8. The lowest BCUT2D eigenvalue weighted by atomic mass is 10.4. The van der Waals surface area contributed by atoms with Crippen molar-refractivity contribution in [1.29, 1.82) is 0 Å². The Hall–Kier alpha value is -1.98. The molecule has 0 aromatic carbocycles. The molecule has 7 N–H and O–H groups in total. The number of aromatic nitrogens is 4. The second-order valence-electron chi connectivity index (χ2n) is 3.47. The van der Waals surface area contributed by atoms with Gasteiger partial charge in [0.15, 0.2) is 5.65 Å². The van der Waals surface area contributed by atoms with Gasteiger partial charge in [0.25, 0.3) is 0 Å². The highest BCUT2D eigenvalue weighted by molar-refractivity contribution is 7.89. The summed E-state index contributed by atoms with van der Waals surface area (Å²) in [6.07, 6.45) is 1.52. The molecule has 0 aliphatic carbocycles. The van der Waals surface area contributed by atoms with E-state index in [2.05, 4.69) is 30.9 Å². The van der Waals surface area contributed by atoms with E-state index in [1.54, 1.807) is 0 Å². The van der Waals surface area contributed by atoms with Crippen molar-refractivity contribution < 1.29 is 8.42 Å². The lowest BCUT2D eigenvalue weighted by molar-refractivity contribution is 0.598. The minimum atomic E-state index is -3.52. The molecule has 0 aliphatic rings. The summed E-state index contributed by atoms with van der Waals surface area (Å²) in [5, 5.41) is 14.8. The van der Waals surface area contributed by atoms with Crippen LogP contribution in [0.15, 0.2) is 6.20 Å². The molecule has 2 aromatic rings. The van der Waals surface area contributed by atoms with E-state index in [9.17, 15) is 8.42 Å². The monoisotopic (exact) mass is 272 g/mol. The first-order chi connectivity index (χ1) is 8.49. The molecule has 11 heteroatoms. The second-order valence-corrected chi connectivity index (χ2v) is 5.20. The number of nitrogen functional groups attached to an aromatic ring is 1. The summed E-state index contributed by atoms with van der Waals surface area (Å²) in [5.74, 6) is 5.62. The summed E-state index contributed by atoms with van der Waals surface area (Å²) < 4.78 is 21.6. The molecule has 2 aromatic heterocycles. The Labute approximate surface area is 102 Å². The molecule has 2 heterocycles. The molecule has 0 unspecified atom stereocenters. The molecule has 0 bridgehead atoms. The molecular formula is C7H12N8O2S. The molecule has 18 heavy (non-hydrogen) atoms. The molecule has 0 aliphatic heterocycles. The van der Waals surface area contributed by atoms with E-state index in [0.29, 0.717) is 16.9 Å². The average molecular weight is 272 g/mol. The molecule has 10 nitrogen and oxygen atoms in total. The summed E-state index contributed by atoms with van der Waals surface area (Å²) in [6.45, 7) is 0.125. The molecule has 2 rings (SSSR count). The van der Waals surface area contributed by atoms with E-state index in [4.69, 9.17) is 11.0 Å². The van der Waals surface area contributed by atoms with Gasteiger partial charge in [-0.25, -0.2) is 19.4 Å². The van der Waals surface area contributed by atoms with Gasteiger partial charge in [0.05, 0.1) is 17.3 Å². The van der Waals surface area contributed by atoms with Gasteiger partial charge in [-0.1, -0.05) is 0 Å². The van der Waals surface area contributed by atoms with Crippen molar-refractivity contribution >= 4 is 32.8 Å². The summed E-state index contributed by atoms with van der Waals surface area (Å²) in [7, 11) is -3.52. The first-order valence-electron chi connectivity index (χ1n) is 4.91. The van der Waals surface area contributed by atoms with Gasteiger partial charge in [0.2, 0.25) is 16.0 Å². The summed E-state index contributed by atoms with van der Waals surface area (Å²) in [6, 6.07) is 0. The quantitative estimate of drug-likeness (QED) is 0.318. The average Bonchev–Trinajstić information content (AvgIpc) is 2.75. The van der Waals surface area contributed by atoms with Crippen LogP contribution >= 0.6 is 0 Å². The third-order valence-corrected chi connectivity index (χ3v) is 2.89. The number of nitrogens with zero attached hydrogens (tertiary/aromatic N) is 3. The van der Waals surface area contributed by atoms with Gasteiger partial charge in [0, 0.05) is 6.54 Å². The molecule has 0 radical (unpaired) electrons. The van der Waals surface area contributed by atoms with Crippen LogP contribution in [0, 0.1) is 0 Å². The number of hydrogen-bond donors (Lipinski definition) is 5. The van der Waals surface area contributed by atoms with Gasteiger partial charge in [-0.05, 0) is 0 Å². The van der Waals surface area contributed by atoms with E-state index in [-0.39, 0.29) is 18.2 Å². The smallest absolute Gasteiger partial charge is 0.241 e. The first kappa shape index (κ1) is 12.5. The summed E-state index contributed by atoms with van der Waals surface area (Å²) in [5.41, 5.74) is 2.79. The zero-order valence-corrected chi connectivity index (χ0v) is 10.0. The number of hydrazine groups is 1. The fraction of sp³-hybridized carbons (Fsp3) is 0.286. The highest BCUT2D eigenvalue weighted by Crippen LogP contribution is 2.19. The van der Waals surface area contributed by atoms with Gasteiger partial charge in [-0.2, -0.15) is 15.1 Å². The first-order valence-corrected chi connectivity index (χ1v) is 6.63. The predicted molar refractivity (Wildman–Crippen MR) is 66.0 cm³/mol. The highest BCUT2D eigenvalue weighted by Gasteiger charge is 2.09. The Kier molecular flexibility index (Phi) is 3.27. The number of nitrogens with two attached hydrogens (primary N) is 2. The number of sulfonamides is 1. The Balaban J connectivity index is 2.23.